The maximum Gasteiger partial charge on any atom is 0.276 e. The summed E-state index contributed by atoms with van der Waals surface area (Å²) < 4.78 is 12.4. The largest absolute Gasteiger partial charge is 0.411 e. The lowest BCUT2D eigenvalue weighted by Crippen LogP contribution is -2.48. The Labute approximate surface area is 202 Å². The number of ether oxygens (including phenoxy) is 1. The van der Waals surface area contributed by atoms with Crippen molar-refractivity contribution in [2.75, 3.05) is 24.7 Å². The van der Waals surface area contributed by atoms with E-state index in [2.05, 4.69) is 54.0 Å². The molecule has 1 fully saturated rings. The van der Waals surface area contributed by atoms with E-state index >= 15 is 0 Å². The van der Waals surface area contributed by atoms with Crippen molar-refractivity contribution in [3.8, 4) is 11.5 Å². The maximum absolute atomic E-state index is 6.57. The standard InChI is InChI=1S/C24H27N7O2S/c1-25-19-5-3-2-4-16(19)6-7-18-14-29-21(22-27-12-13-28-22)20(32-18)15-34-24-31-30-23(33-24)17-8-10-26-11-9-17/h2-5,8-13,18,20-21,25,29H,6-7,14-15H2,1H3,(H,27,28)/t18-,20-,21+/m1/s1. The summed E-state index contributed by atoms with van der Waals surface area (Å²) in [4.78, 5) is 11.7. The fourth-order valence-electron chi connectivity index (χ4n) is 4.12. The van der Waals surface area contributed by atoms with Gasteiger partial charge in [0, 0.05) is 55.4 Å². The Balaban J connectivity index is 1.24. The number of anilines is 1. The monoisotopic (exact) mass is 477 g/mol. The molecule has 0 radical (unpaired) electrons. The first-order valence-electron chi connectivity index (χ1n) is 11.3. The summed E-state index contributed by atoms with van der Waals surface area (Å²) in [6, 6.07) is 12.1. The van der Waals surface area contributed by atoms with Crippen LogP contribution < -0.4 is 10.6 Å². The molecule has 0 aliphatic carbocycles. The lowest BCUT2D eigenvalue weighted by molar-refractivity contribution is -0.0560. The Morgan fingerprint density at radius 2 is 2.00 bits per heavy atom. The summed E-state index contributed by atoms with van der Waals surface area (Å²) in [6.45, 7) is 0.765. The molecule has 0 amide bonds. The molecule has 1 aliphatic heterocycles. The van der Waals surface area contributed by atoms with E-state index < -0.39 is 0 Å². The number of benzene rings is 1. The normalized spacial score (nSPS) is 20.3. The summed E-state index contributed by atoms with van der Waals surface area (Å²) >= 11 is 1.49. The minimum absolute atomic E-state index is 0.0362. The van der Waals surface area contributed by atoms with Gasteiger partial charge in [-0.2, -0.15) is 0 Å². The van der Waals surface area contributed by atoms with Crippen molar-refractivity contribution in [1.82, 2.24) is 30.5 Å². The molecule has 176 valence electrons. The highest BCUT2D eigenvalue weighted by Gasteiger charge is 2.34. The second-order valence-electron chi connectivity index (χ2n) is 8.02. The minimum Gasteiger partial charge on any atom is -0.411 e. The van der Waals surface area contributed by atoms with Crippen molar-refractivity contribution in [3.63, 3.8) is 0 Å². The summed E-state index contributed by atoms with van der Waals surface area (Å²) in [5.74, 6) is 2.00. The number of imidazole rings is 1. The van der Waals surface area contributed by atoms with Crippen LogP contribution in [0.5, 0.6) is 0 Å². The second-order valence-corrected chi connectivity index (χ2v) is 8.99. The first-order valence-corrected chi connectivity index (χ1v) is 12.3. The topological polar surface area (TPSA) is 114 Å². The van der Waals surface area contributed by atoms with Crippen LogP contribution in [0.3, 0.4) is 0 Å². The van der Waals surface area contributed by atoms with Gasteiger partial charge in [-0.05, 0) is 36.6 Å². The molecular weight excluding hydrogens is 450 g/mol. The molecular formula is C24H27N7O2S. The van der Waals surface area contributed by atoms with Crippen LogP contribution in [0.4, 0.5) is 5.69 Å². The first kappa shape index (κ1) is 22.6. The van der Waals surface area contributed by atoms with Gasteiger partial charge in [0.1, 0.15) is 5.82 Å². The Morgan fingerprint density at radius 3 is 2.82 bits per heavy atom. The molecule has 10 heteroatoms. The molecule has 0 bridgehead atoms. The van der Waals surface area contributed by atoms with Gasteiger partial charge in [-0.25, -0.2) is 4.98 Å². The molecule has 0 unspecified atom stereocenters. The summed E-state index contributed by atoms with van der Waals surface area (Å²) in [6.07, 6.45) is 8.86. The Bertz CT molecular complexity index is 1170. The van der Waals surface area contributed by atoms with E-state index in [1.54, 1.807) is 18.6 Å². The number of hydrogen-bond donors (Lipinski definition) is 3. The molecule has 1 aromatic carbocycles. The van der Waals surface area contributed by atoms with Gasteiger partial charge in [0.15, 0.2) is 0 Å². The third-order valence-electron chi connectivity index (χ3n) is 5.85. The smallest absolute Gasteiger partial charge is 0.276 e. The van der Waals surface area contributed by atoms with E-state index in [0.29, 0.717) is 16.9 Å². The predicted octanol–water partition coefficient (Wildman–Crippen LogP) is 3.72. The molecule has 4 aromatic rings. The molecule has 1 saturated heterocycles. The number of aromatic nitrogens is 5. The SMILES string of the molecule is CNc1ccccc1CC[C@@H]1CN[C@H](c2ncc[nH]2)[C@@H](CSc2nnc(-c3ccncc3)o2)O1. The van der Waals surface area contributed by atoms with Crippen LogP contribution in [0.25, 0.3) is 11.5 Å². The summed E-state index contributed by atoms with van der Waals surface area (Å²) in [5.41, 5.74) is 3.30. The zero-order valence-corrected chi connectivity index (χ0v) is 19.7. The van der Waals surface area contributed by atoms with Gasteiger partial charge in [0.25, 0.3) is 5.22 Å². The van der Waals surface area contributed by atoms with Crippen LogP contribution in [0.1, 0.15) is 23.9 Å². The molecule has 34 heavy (non-hydrogen) atoms. The van der Waals surface area contributed by atoms with E-state index in [9.17, 15) is 0 Å². The number of H-pyrrole nitrogens is 1. The fourth-order valence-corrected chi connectivity index (χ4v) is 4.94. The quantitative estimate of drug-likeness (QED) is 0.310. The Hall–Kier alpha value is -3.21. The average molecular weight is 478 g/mol. The average Bonchev–Trinajstić information content (AvgIpc) is 3.60. The Kier molecular flexibility index (Phi) is 7.18. The predicted molar refractivity (Wildman–Crippen MR) is 131 cm³/mol. The van der Waals surface area contributed by atoms with E-state index in [1.165, 1.54) is 17.3 Å². The van der Waals surface area contributed by atoms with Gasteiger partial charge < -0.3 is 24.8 Å². The number of morpholine rings is 1. The van der Waals surface area contributed by atoms with Crippen molar-refractivity contribution in [2.45, 2.75) is 36.3 Å². The van der Waals surface area contributed by atoms with E-state index in [1.807, 2.05) is 31.4 Å². The van der Waals surface area contributed by atoms with Crippen LogP contribution in [0.15, 0.2) is 70.8 Å². The number of hydrogen-bond acceptors (Lipinski definition) is 9. The van der Waals surface area contributed by atoms with Crippen LogP contribution in [-0.2, 0) is 11.2 Å². The number of aromatic amines is 1. The number of thioether (sulfide) groups is 1. The third-order valence-corrected chi connectivity index (χ3v) is 6.75. The molecule has 9 nitrogen and oxygen atoms in total. The summed E-state index contributed by atoms with van der Waals surface area (Å²) in [7, 11) is 1.95. The highest BCUT2D eigenvalue weighted by molar-refractivity contribution is 7.99. The van der Waals surface area contributed by atoms with Crippen molar-refractivity contribution in [2.24, 2.45) is 0 Å². The zero-order valence-electron chi connectivity index (χ0n) is 18.8. The van der Waals surface area contributed by atoms with Crippen molar-refractivity contribution in [1.29, 1.82) is 0 Å². The molecule has 1 aliphatic rings. The van der Waals surface area contributed by atoms with Crippen molar-refractivity contribution in [3.05, 3.63) is 72.6 Å². The van der Waals surface area contributed by atoms with Crippen LogP contribution >= 0.6 is 11.8 Å². The van der Waals surface area contributed by atoms with Crippen LogP contribution in [0, 0.1) is 0 Å². The molecule has 5 rings (SSSR count). The lowest BCUT2D eigenvalue weighted by atomic mass is 10.0. The molecule has 0 spiro atoms. The van der Waals surface area contributed by atoms with Gasteiger partial charge in [-0.1, -0.05) is 30.0 Å². The number of nitrogens with one attached hydrogen (secondary N) is 3. The molecule has 3 aromatic heterocycles. The highest BCUT2D eigenvalue weighted by Crippen LogP contribution is 2.30. The lowest BCUT2D eigenvalue weighted by Gasteiger charge is -2.36. The fraction of sp³-hybridized carbons (Fsp3) is 0.333. The number of aryl methyl sites for hydroxylation is 1. The minimum atomic E-state index is -0.106. The number of pyridine rings is 1. The van der Waals surface area contributed by atoms with E-state index in [0.717, 1.165) is 36.5 Å². The molecule has 3 atom stereocenters. The number of rotatable bonds is 9. The van der Waals surface area contributed by atoms with Crippen molar-refractivity contribution < 1.29 is 9.15 Å². The number of nitrogens with zero attached hydrogens (tertiary/aromatic N) is 4. The van der Waals surface area contributed by atoms with Gasteiger partial charge in [0.05, 0.1) is 18.2 Å². The Morgan fingerprint density at radius 1 is 1.12 bits per heavy atom. The van der Waals surface area contributed by atoms with E-state index in [4.69, 9.17) is 9.15 Å². The second kappa shape index (κ2) is 10.8. The zero-order chi connectivity index (χ0) is 23.2. The molecule has 0 saturated carbocycles. The van der Waals surface area contributed by atoms with Crippen molar-refractivity contribution >= 4 is 17.4 Å². The van der Waals surface area contributed by atoms with Gasteiger partial charge in [0.2, 0.25) is 5.89 Å². The molecule has 3 N–H and O–H groups in total. The van der Waals surface area contributed by atoms with Crippen LogP contribution in [0.2, 0.25) is 0 Å². The molecule has 4 heterocycles. The third kappa shape index (κ3) is 5.30. The maximum atomic E-state index is 6.57. The van der Waals surface area contributed by atoms with Gasteiger partial charge in [-0.15, -0.1) is 10.2 Å². The summed E-state index contributed by atoms with van der Waals surface area (Å²) in [5, 5.41) is 15.8. The number of para-hydroxylation sites is 1. The van der Waals surface area contributed by atoms with E-state index in [-0.39, 0.29) is 18.2 Å². The van der Waals surface area contributed by atoms with Crippen LogP contribution in [-0.4, -0.2) is 56.7 Å². The highest BCUT2D eigenvalue weighted by atomic mass is 32.2. The first-order chi connectivity index (χ1) is 16.8. The van der Waals surface area contributed by atoms with Gasteiger partial charge in [-0.3, -0.25) is 4.98 Å². The van der Waals surface area contributed by atoms with Gasteiger partial charge >= 0.3 is 0 Å².